The average Bonchev–Trinajstić information content (AvgIpc) is 3.08. The van der Waals surface area contributed by atoms with E-state index in [0.29, 0.717) is 6.61 Å². The quantitative estimate of drug-likeness (QED) is 0.537. The van der Waals surface area contributed by atoms with Crippen LogP contribution < -0.4 is 0 Å². The SMILES string of the molecule is C=CC(O)C(OCCCCC)c1ccc(Cn2ccnc2)cc1. The molecule has 0 spiro atoms. The van der Waals surface area contributed by atoms with Crippen molar-refractivity contribution in [2.75, 3.05) is 6.61 Å². The zero-order valence-corrected chi connectivity index (χ0v) is 13.8. The molecule has 2 unspecified atom stereocenters. The molecule has 2 aromatic rings. The van der Waals surface area contributed by atoms with Gasteiger partial charge in [-0.15, -0.1) is 6.58 Å². The number of aliphatic hydroxyl groups is 1. The molecule has 4 heteroatoms. The molecule has 1 N–H and O–H groups in total. The van der Waals surface area contributed by atoms with Crippen LogP contribution in [0.15, 0.2) is 55.6 Å². The van der Waals surface area contributed by atoms with Crippen LogP contribution in [0.1, 0.15) is 43.4 Å². The highest BCUT2D eigenvalue weighted by Gasteiger charge is 2.19. The van der Waals surface area contributed by atoms with E-state index in [-0.39, 0.29) is 6.10 Å². The Labute approximate surface area is 138 Å². The molecule has 124 valence electrons. The van der Waals surface area contributed by atoms with Gasteiger partial charge in [-0.2, -0.15) is 0 Å². The maximum Gasteiger partial charge on any atom is 0.112 e. The molecule has 2 rings (SSSR count). The lowest BCUT2D eigenvalue weighted by Gasteiger charge is -2.22. The number of hydrogen-bond acceptors (Lipinski definition) is 3. The molecular weight excluding hydrogens is 288 g/mol. The van der Waals surface area contributed by atoms with Crippen molar-refractivity contribution in [3.8, 4) is 0 Å². The van der Waals surface area contributed by atoms with Crippen LogP contribution in [0.25, 0.3) is 0 Å². The van der Waals surface area contributed by atoms with E-state index in [9.17, 15) is 5.11 Å². The van der Waals surface area contributed by atoms with Crippen molar-refractivity contribution in [2.24, 2.45) is 0 Å². The van der Waals surface area contributed by atoms with Crippen LogP contribution in [0.3, 0.4) is 0 Å². The van der Waals surface area contributed by atoms with Crippen LogP contribution in [0, 0.1) is 0 Å². The Kier molecular flexibility index (Phi) is 7.04. The second-order valence-electron chi connectivity index (χ2n) is 5.70. The van der Waals surface area contributed by atoms with Gasteiger partial charge in [-0.25, -0.2) is 4.98 Å². The van der Waals surface area contributed by atoms with E-state index in [1.54, 1.807) is 12.5 Å². The lowest BCUT2D eigenvalue weighted by Crippen LogP contribution is -2.19. The summed E-state index contributed by atoms with van der Waals surface area (Å²) in [6, 6.07) is 8.16. The van der Waals surface area contributed by atoms with Gasteiger partial charge < -0.3 is 14.4 Å². The van der Waals surface area contributed by atoms with Gasteiger partial charge in [0.1, 0.15) is 12.2 Å². The van der Waals surface area contributed by atoms with Crippen LogP contribution in [0.4, 0.5) is 0 Å². The van der Waals surface area contributed by atoms with E-state index >= 15 is 0 Å². The third-order valence-corrected chi connectivity index (χ3v) is 3.83. The number of aliphatic hydroxyl groups excluding tert-OH is 1. The molecule has 1 aromatic heterocycles. The molecule has 0 amide bonds. The molecule has 0 fully saturated rings. The summed E-state index contributed by atoms with van der Waals surface area (Å²) >= 11 is 0. The number of rotatable bonds is 10. The average molecular weight is 314 g/mol. The van der Waals surface area contributed by atoms with Gasteiger partial charge in [-0.05, 0) is 17.5 Å². The number of aromatic nitrogens is 2. The van der Waals surface area contributed by atoms with E-state index < -0.39 is 6.10 Å². The summed E-state index contributed by atoms with van der Waals surface area (Å²) < 4.78 is 7.91. The van der Waals surface area contributed by atoms with Gasteiger partial charge in [-0.3, -0.25) is 0 Å². The first-order valence-electron chi connectivity index (χ1n) is 8.21. The molecule has 0 radical (unpaired) electrons. The van der Waals surface area contributed by atoms with E-state index in [4.69, 9.17) is 4.74 Å². The van der Waals surface area contributed by atoms with Gasteiger partial charge in [0, 0.05) is 25.5 Å². The van der Waals surface area contributed by atoms with Crippen LogP contribution in [-0.4, -0.2) is 27.4 Å². The zero-order chi connectivity index (χ0) is 16.5. The predicted octanol–water partition coefficient (Wildman–Crippen LogP) is 3.73. The second kappa shape index (κ2) is 9.28. The third-order valence-electron chi connectivity index (χ3n) is 3.83. The van der Waals surface area contributed by atoms with Gasteiger partial charge in [0.05, 0.1) is 6.33 Å². The van der Waals surface area contributed by atoms with E-state index in [0.717, 1.165) is 31.4 Å². The standard InChI is InChI=1S/C19H26N2O2/c1-3-5-6-13-23-19(18(22)4-2)17-9-7-16(8-10-17)14-21-12-11-20-15-21/h4,7-12,15,18-19,22H,2-3,5-6,13-14H2,1H3. The summed E-state index contributed by atoms with van der Waals surface area (Å²) in [4.78, 5) is 4.05. The number of ether oxygens (including phenoxy) is 1. The molecule has 4 nitrogen and oxygen atoms in total. The molecule has 0 saturated carbocycles. The second-order valence-corrected chi connectivity index (χ2v) is 5.70. The fourth-order valence-corrected chi connectivity index (χ4v) is 2.48. The highest BCUT2D eigenvalue weighted by molar-refractivity contribution is 5.26. The Morgan fingerprint density at radius 2 is 2.09 bits per heavy atom. The van der Waals surface area contributed by atoms with Crippen molar-refractivity contribution in [2.45, 2.75) is 44.9 Å². The lowest BCUT2D eigenvalue weighted by molar-refractivity contribution is -0.0204. The Morgan fingerprint density at radius 3 is 2.70 bits per heavy atom. The molecule has 0 aliphatic rings. The van der Waals surface area contributed by atoms with Crippen molar-refractivity contribution < 1.29 is 9.84 Å². The predicted molar refractivity (Wildman–Crippen MR) is 92.2 cm³/mol. The van der Waals surface area contributed by atoms with Crippen molar-refractivity contribution in [1.82, 2.24) is 9.55 Å². The number of hydrogen-bond donors (Lipinski definition) is 1. The monoisotopic (exact) mass is 314 g/mol. The van der Waals surface area contributed by atoms with Gasteiger partial charge >= 0.3 is 0 Å². The highest BCUT2D eigenvalue weighted by atomic mass is 16.5. The Bertz CT molecular complexity index is 564. The Balaban J connectivity index is 2.01. The van der Waals surface area contributed by atoms with Crippen LogP contribution in [0.5, 0.6) is 0 Å². The Hall–Kier alpha value is -1.91. The number of imidazole rings is 1. The lowest BCUT2D eigenvalue weighted by atomic mass is 10.0. The minimum atomic E-state index is -0.698. The molecule has 1 aromatic carbocycles. The largest absolute Gasteiger partial charge is 0.386 e. The third kappa shape index (κ3) is 5.34. The van der Waals surface area contributed by atoms with E-state index in [2.05, 4.69) is 30.6 Å². The first-order chi connectivity index (χ1) is 11.2. The normalized spacial score (nSPS) is 13.7. The van der Waals surface area contributed by atoms with Crippen molar-refractivity contribution in [3.05, 3.63) is 66.8 Å². The first-order valence-corrected chi connectivity index (χ1v) is 8.21. The fourth-order valence-electron chi connectivity index (χ4n) is 2.48. The minimum Gasteiger partial charge on any atom is -0.386 e. The van der Waals surface area contributed by atoms with Crippen LogP contribution >= 0.6 is 0 Å². The topological polar surface area (TPSA) is 47.3 Å². The first kappa shape index (κ1) is 17.4. The molecule has 1 heterocycles. The molecule has 2 atom stereocenters. The van der Waals surface area contributed by atoms with Gasteiger partial charge in [0.25, 0.3) is 0 Å². The van der Waals surface area contributed by atoms with Crippen molar-refractivity contribution in [1.29, 1.82) is 0 Å². The number of nitrogens with zero attached hydrogens (tertiary/aromatic N) is 2. The van der Waals surface area contributed by atoms with E-state index in [1.807, 2.05) is 22.9 Å². The minimum absolute atomic E-state index is 0.355. The van der Waals surface area contributed by atoms with Gasteiger partial charge in [-0.1, -0.05) is 50.1 Å². The molecule has 0 aliphatic heterocycles. The van der Waals surface area contributed by atoms with E-state index in [1.165, 1.54) is 11.6 Å². The zero-order valence-electron chi connectivity index (χ0n) is 13.8. The maximum atomic E-state index is 10.1. The smallest absolute Gasteiger partial charge is 0.112 e. The highest BCUT2D eigenvalue weighted by Crippen LogP contribution is 2.23. The number of unbranched alkanes of at least 4 members (excludes halogenated alkanes) is 2. The van der Waals surface area contributed by atoms with Gasteiger partial charge in [0.2, 0.25) is 0 Å². The van der Waals surface area contributed by atoms with Gasteiger partial charge in [0.15, 0.2) is 0 Å². The molecule has 0 aliphatic carbocycles. The fraction of sp³-hybridized carbons (Fsp3) is 0.421. The van der Waals surface area contributed by atoms with Crippen LogP contribution in [0.2, 0.25) is 0 Å². The maximum absolute atomic E-state index is 10.1. The Morgan fingerprint density at radius 1 is 1.30 bits per heavy atom. The van der Waals surface area contributed by atoms with Crippen molar-refractivity contribution in [3.63, 3.8) is 0 Å². The van der Waals surface area contributed by atoms with Crippen LogP contribution in [-0.2, 0) is 11.3 Å². The number of benzene rings is 1. The summed E-state index contributed by atoms with van der Waals surface area (Å²) in [5.74, 6) is 0. The molecular formula is C19H26N2O2. The summed E-state index contributed by atoms with van der Waals surface area (Å²) in [7, 11) is 0. The summed E-state index contributed by atoms with van der Waals surface area (Å²) in [5.41, 5.74) is 2.16. The van der Waals surface area contributed by atoms with Crippen molar-refractivity contribution >= 4 is 0 Å². The molecule has 0 saturated heterocycles. The molecule has 23 heavy (non-hydrogen) atoms. The summed E-state index contributed by atoms with van der Waals surface area (Å²) in [6.45, 7) is 7.28. The summed E-state index contributed by atoms with van der Waals surface area (Å²) in [5, 5.41) is 10.1. The molecule has 0 bridgehead atoms. The summed E-state index contributed by atoms with van der Waals surface area (Å²) in [6.07, 6.45) is 9.29.